The molecule has 6 nitrogen and oxygen atoms in total. The summed E-state index contributed by atoms with van der Waals surface area (Å²) in [7, 11) is 0. The number of rotatable bonds is 5. The van der Waals surface area contributed by atoms with E-state index in [4.69, 9.17) is 16.0 Å². The number of carbonyl (C=O) groups excluding carboxylic acids is 1. The van der Waals surface area contributed by atoms with Crippen LogP contribution < -0.4 is 5.32 Å². The minimum Gasteiger partial charge on any atom is -0.461 e. The Morgan fingerprint density at radius 2 is 2.23 bits per heavy atom. The topological polar surface area (TPSA) is 83.8 Å². The summed E-state index contributed by atoms with van der Waals surface area (Å²) in [6.07, 6.45) is 1.82. The fraction of sp³-hybridized carbons (Fsp3) is 0.133. The summed E-state index contributed by atoms with van der Waals surface area (Å²) in [6.45, 7) is 0.271. The second kappa shape index (κ2) is 6.44. The molecule has 0 atom stereocenters. The molecule has 0 radical (unpaired) electrons. The van der Waals surface area contributed by atoms with Crippen LogP contribution in [0.2, 0.25) is 5.02 Å². The molecule has 0 aliphatic rings. The first kappa shape index (κ1) is 14.3. The average molecular weight is 317 g/mol. The second-order valence-electron chi connectivity index (χ2n) is 4.67. The van der Waals surface area contributed by atoms with Crippen molar-refractivity contribution in [2.24, 2.45) is 0 Å². The zero-order valence-electron chi connectivity index (χ0n) is 11.5. The summed E-state index contributed by atoms with van der Waals surface area (Å²) < 4.78 is 5.20. The number of furan rings is 1. The number of hydrogen-bond donors (Lipinski definition) is 2. The summed E-state index contributed by atoms with van der Waals surface area (Å²) in [6, 6.07) is 10.7. The normalized spacial score (nSPS) is 10.6. The lowest BCUT2D eigenvalue weighted by atomic mass is 10.1. The first-order chi connectivity index (χ1) is 10.7. The Hall–Kier alpha value is -2.60. The molecular formula is C15H13ClN4O2. The van der Waals surface area contributed by atoms with Crippen LogP contribution in [0.5, 0.6) is 0 Å². The van der Waals surface area contributed by atoms with Crippen molar-refractivity contribution in [2.45, 2.75) is 13.0 Å². The lowest BCUT2D eigenvalue weighted by Crippen LogP contribution is -2.25. The Kier molecular flexibility index (Phi) is 4.20. The Morgan fingerprint density at radius 3 is 3.00 bits per heavy atom. The van der Waals surface area contributed by atoms with Crippen molar-refractivity contribution in [2.75, 3.05) is 0 Å². The highest BCUT2D eigenvalue weighted by Crippen LogP contribution is 2.14. The molecule has 3 aromatic rings. The van der Waals surface area contributed by atoms with Gasteiger partial charge < -0.3 is 9.73 Å². The molecule has 2 heterocycles. The van der Waals surface area contributed by atoms with Crippen LogP contribution in [0, 0.1) is 0 Å². The van der Waals surface area contributed by atoms with Gasteiger partial charge in [-0.3, -0.25) is 9.89 Å². The van der Waals surface area contributed by atoms with Crippen molar-refractivity contribution in [3.05, 3.63) is 59.1 Å². The smallest absolute Gasteiger partial charge is 0.224 e. The molecule has 2 aromatic heterocycles. The highest BCUT2D eigenvalue weighted by molar-refractivity contribution is 6.30. The van der Waals surface area contributed by atoms with Gasteiger partial charge in [-0.1, -0.05) is 23.7 Å². The zero-order chi connectivity index (χ0) is 15.4. The first-order valence-corrected chi connectivity index (χ1v) is 7.05. The molecule has 0 saturated heterocycles. The molecule has 0 bridgehead atoms. The number of hydrogen-bond acceptors (Lipinski definition) is 4. The Balaban J connectivity index is 1.55. The van der Waals surface area contributed by atoms with E-state index in [1.807, 2.05) is 12.1 Å². The van der Waals surface area contributed by atoms with Gasteiger partial charge in [0.2, 0.25) is 11.7 Å². The molecule has 0 unspecified atom stereocenters. The predicted octanol–water partition coefficient (Wildman–Crippen LogP) is 2.58. The zero-order valence-corrected chi connectivity index (χ0v) is 12.3. The van der Waals surface area contributed by atoms with E-state index < -0.39 is 0 Å². The molecule has 0 saturated carbocycles. The summed E-state index contributed by atoms with van der Waals surface area (Å²) >= 11 is 5.89. The van der Waals surface area contributed by atoms with E-state index in [1.54, 1.807) is 30.5 Å². The van der Waals surface area contributed by atoms with Gasteiger partial charge in [-0.25, -0.2) is 4.98 Å². The van der Waals surface area contributed by atoms with Crippen LogP contribution in [0.3, 0.4) is 0 Å². The minimum atomic E-state index is -0.113. The van der Waals surface area contributed by atoms with Gasteiger partial charge in [-0.15, -0.1) is 5.10 Å². The lowest BCUT2D eigenvalue weighted by molar-refractivity contribution is -0.120. The molecule has 0 aliphatic heterocycles. The molecule has 7 heteroatoms. The van der Waals surface area contributed by atoms with Crippen molar-refractivity contribution in [1.29, 1.82) is 0 Å². The number of benzene rings is 1. The van der Waals surface area contributed by atoms with E-state index in [-0.39, 0.29) is 18.9 Å². The maximum absolute atomic E-state index is 11.9. The predicted molar refractivity (Wildman–Crippen MR) is 81.1 cm³/mol. The molecule has 1 amide bonds. The van der Waals surface area contributed by atoms with Gasteiger partial charge >= 0.3 is 0 Å². The van der Waals surface area contributed by atoms with Crippen LogP contribution in [-0.4, -0.2) is 21.1 Å². The van der Waals surface area contributed by atoms with E-state index in [0.29, 0.717) is 22.4 Å². The van der Waals surface area contributed by atoms with Gasteiger partial charge in [0.25, 0.3) is 0 Å². The van der Waals surface area contributed by atoms with Crippen LogP contribution in [0.1, 0.15) is 11.4 Å². The number of H-pyrrole nitrogens is 1. The van der Waals surface area contributed by atoms with Crippen molar-refractivity contribution in [1.82, 2.24) is 20.5 Å². The SMILES string of the molecule is O=C(Cc1cccc(Cl)c1)NCc1nc(-c2ccco2)n[nH]1. The molecule has 3 rings (SSSR count). The van der Waals surface area contributed by atoms with E-state index in [0.717, 1.165) is 5.56 Å². The third kappa shape index (κ3) is 3.53. The molecule has 22 heavy (non-hydrogen) atoms. The van der Waals surface area contributed by atoms with Crippen molar-refractivity contribution in [3.8, 4) is 11.6 Å². The molecule has 0 fully saturated rings. The molecule has 0 spiro atoms. The number of nitrogens with zero attached hydrogens (tertiary/aromatic N) is 2. The van der Waals surface area contributed by atoms with Crippen molar-refractivity contribution >= 4 is 17.5 Å². The van der Waals surface area contributed by atoms with Gasteiger partial charge in [-0.05, 0) is 29.8 Å². The number of aromatic nitrogens is 3. The van der Waals surface area contributed by atoms with Gasteiger partial charge in [0.05, 0.1) is 19.2 Å². The number of nitrogens with one attached hydrogen (secondary N) is 2. The molecule has 1 aromatic carbocycles. The first-order valence-electron chi connectivity index (χ1n) is 6.67. The minimum absolute atomic E-state index is 0.113. The maximum atomic E-state index is 11.9. The summed E-state index contributed by atoms with van der Waals surface area (Å²) in [5.74, 6) is 1.49. The van der Waals surface area contributed by atoms with Crippen LogP contribution in [0.15, 0.2) is 47.1 Å². The number of carbonyl (C=O) groups is 1. The number of halogens is 1. The van der Waals surface area contributed by atoms with Gasteiger partial charge in [0, 0.05) is 5.02 Å². The van der Waals surface area contributed by atoms with Crippen LogP contribution >= 0.6 is 11.6 Å². The Morgan fingerprint density at radius 1 is 1.32 bits per heavy atom. The molecular weight excluding hydrogens is 304 g/mol. The Bertz CT molecular complexity index is 767. The van der Waals surface area contributed by atoms with E-state index >= 15 is 0 Å². The number of amides is 1. The van der Waals surface area contributed by atoms with Gasteiger partial charge in [0.1, 0.15) is 5.82 Å². The number of aromatic amines is 1. The molecule has 112 valence electrons. The summed E-state index contributed by atoms with van der Waals surface area (Å²) in [4.78, 5) is 16.1. The fourth-order valence-electron chi connectivity index (χ4n) is 1.97. The standard InChI is InChI=1S/C15H13ClN4O2/c16-11-4-1-3-10(7-11)8-14(21)17-9-13-18-15(20-19-13)12-5-2-6-22-12/h1-7H,8-9H2,(H,17,21)(H,18,19,20). The van der Waals surface area contributed by atoms with Crippen molar-refractivity contribution < 1.29 is 9.21 Å². The summed E-state index contributed by atoms with van der Waals surface area (Å²) in [5.41, 5.74) is 0.860. The van der Waals surface area contributed by atoms with Crippen molar-refractivity contribution in [3.63, 3.8) is 0 Å². The largest absolute Gasteiger partial charge is 0.461 e. The van der Waals surface area contributed by atoms with Gasteiger partial charge in [-0.2, -0.15) is 0 Å². The van der Waals surface area contributed by atoms with E-state index in [2.05, 4.69) is 20.5 Å². The average Bonchev–Trinajstić information content (AvgIpc) is 3.16. The third-order valence-corrected chi connectivity index (χ3v) is 3.22. The highest BCUT2D eigenvalue weighted by Gasteiger charge is 2.09. The Labute approximate surface area is 131 Å². The third-order valence-electron chi connectivity index (χ3n) is 2.98. The quantitative estimate of drug-likeness (QED) is 0.757. The van der Waals surface area contributed by atoms with Crippen LogP contribution in [-0.2, 0) is 17.8 Å². The lowest BCUT2D eigenvalue weighted by Gasteiger charge is -2.03. The molecule has 0 aliphatic carbocycles. The van der Waals surface area contributed by atoms with Crippen LogP contribution in [0.4, 0.5) is 0 Å². The van der Waals surface area contributed by atoms with Gasteiger partial charge in [0.15, 0.2) is 5.76 Å². The fourth-order valence-corrected chi connectivity index (χ4v) is 2.18. The highest BCUT2D eigenvalue weighted by atomic mass is 35.5. The van der Waals surface area contributed by atoms with Crippen LogP contribution in [0.25, 0.3) is 11.6 Å². The monoisotopic (exact) mass is 316 g/mol. The van der Waals surface area contributed by atoms with E-state index in [9.17, 15) is 4.79 Å². The molecule has 2 N–H and O–H groups in total. The van der Waals surface area contributed by atoms with E-state index in [1.165, 1.54) is 0 Å². The second-order valence-corrected chi connectivity index (χ2v) is 5.10. The maximum Gasteiger partial charge on any atom is 0.224 e. The summed E-state index contributed by atoms with van der Waals surface area (Å²) in [5, 5.41) is 10.2.